The van der Waals surface area contributed by atoms with Crippen molar-refractivity contribution in [2.45, 2.75) is 6.92 Å². The van der Waals surface area contributed by atoms with Crippen molar-refractivity contribution in [3.8, 4) is 11.3 Å². The van der Waals surface area contributed by atoms with Gasteiger partial charge < -0.3 is 4.42 Å². The molecule has 0 bridgehead atoms. The summed E-state index contributed by atoms with van der Waals surface area (Å²) in [7, 11) is 0. The Hall–Kier alpha value is -2.35. The summed E-state index contributed by atoms with van der Waals surface area (Å²) in [5, 5.41) is 1.09. The van der Waals surface area contributed by atoms with Gasteiger partial charge in [0.05, 0.1) is 0 Å². The normalized spacial score (nSPS) is 10.7. The van der Waals surface area contributed by atoms with Gasteiger partial charge in [-0.3, -0.25) is 4.79 Å². The molecule has 1 heterocycles. The highest BCUT2D eigenvalue weighted by Crippen LogP contribution is 2.27. The van der Waals surface area contributed by atoms with Crippen LogP contribution < -0.4 is 0 Å². The molecular weight excluding hydrogens is 224 g/mol. The molecule has 0 saturated heterocycles. The number of benzene rings is 2. The minimum Gasteiger partial charge on any atom is -0.456 e. The molecule has 3 aromatic rings. The Bertz CT molecular complexity index is 672. The molecule has 0 aliphatic carbocycles. The predicted octanol–water partition coefficient (Wildman–Crippen LogP) is 4.30. The number of hydrogen-bond acceptors (Lipinski definition) is 2. The standard InChI is InChI=1S/C16H12O2/c1-11(17)12-6-8-13(9-7-12)16-10-14-4-2-3-5-15(14)18-16/h2-10H,1H3. The zero-order valence-corrected chi connectivity index (χ0v) is 10.0. The van der Waals surface area contributed by atoms with E-state index >= 15 is 0 Å². The van der Waals surface area contributed by atoms with Gasteiger partial charge >= 0.3 is 0 Å². The average molecular weight is 236 g/mol. The molecule has 0 atom stereocenters. The van der Waals surface area contributed by atoms with E-state index in [0.29, 0.717) is 0 Å². The van der Waals surface area contributed by atoms with Gasteiger partial charge in [-0.25, -0.2) is 0 Å². The summed E-state index contributed by atoms with van der Waals surface area (Å²) in [6.45, 7) is 1.57. The lowest BCUT2D eigenvalue weighted by Gasteiger charge is -1.98. The van der Waals surface area contributed by atoms with Crippen molar-refractivity contribution in [1.82, 2.24) is 0 Å². The molecule has 1 aromatic heterocycles. The van der Waals surface area contributed by atoms with E-state index in [1.807, 2.05) is 54.6 Å². The van der Waals surface area contributed by atoms with Crippen molar-refractivity contribution in [3.05, 3.63) is 60.2 Å². The average Bonchev–Trinajstić information content (AvgIpc) is 2.82. The molecule has 2 aromatic carbocycles. The third-order valence-corrected chi connectivity index (χ3v) is 3.00. The van der Waals surface area contributed by atoms with Crippen LogP contribution in [0.3, 0.4) is 0 Å². The Kier molecular flexibility index (Phi) is 2.49. The molecule has 2 nitrogen and oxygen atoms in total. The second-order valence-corrected chi connectivity index (χ2v) is 4.28. The van der Waals surface area contributed by atoms with Gasteiger partial charge in [0.1, 0.15) is 11.3 Å². The molecule has 88 valence electrons. The summed E-state index contributed by atoms with van der Waals surface area (Å²) in [5.41, 5.74) is 2.58. The Morgan fingerprint density at radius 1 is 1.00 bits per heavy atom. The number of furan rings is 1. The highest BCUT2D eigenvalue weighted by Gasteiger charge is 2.06. The van der Waals surface area contributed by atoms with E-state index in [9.17, 15) is 4.79 Å². The third-order valence-electron chi connectivity index (χ3n) is 3.00. The Morgan fingerprint density at radius 2 is 1.72 bits per heavy atom. The van der Waals surface area contributed by atoms with Crippen LogP contribution >= 0.6 is 0 Å². The first-order chi connectivity index (χ1) is 8.74. The summed E-state index contributed by atoms with van der Waals surface area (Å²) in [6.07, 6.45) is 0. The summed E-state index contributed by atoms with van der Waals surface area (Å²) < 4.78 is 5.77. The maximum absolute atomic E-state index is 11.2. The van der Waals surface area contributed by atoms with Gasteiger partial charge in [0.2, 0.25) is 0 Å². The molecule has 0 aliphatic heterocycles. The van der Waals surface area contributed by atoms with Crippen LogP contribution in [0.4, 0.5) is 0 Å². The summed E-state index contributed by atoms with van der Waals surface area (Å²) >= 11 is 0. The smallest absolute Gasteiger partial charge is 0.159 e. The van der Waals surface area contributed by atoms with E-state index in [4.69, 9.17) is 4.42 Å². The quantitative estimate of drug-likeness (QED) is 0.621. The number of rotatable bonds is 2. The molecular formula is C16H12O2. The Morgan fingerprint density at radius 3 is 2.39 bits per heavy atom. The van der Waals surface area contributed by atoms with E-state index in [0.717, 1.165) is 27.9 Å². The molecule has 0 unspecified atom stereocenters. The number of carbonyl (C=O) groups is 1. The zero-order chi connectivity index (χ0) is 12.5. The van der Waals surface area contributed by atoms with Crippen LogP contribution in [0.1, 0.15) is 17.3 Å². The second-order valence-electron chi connectivity index (χ2n) is 4.28. The minimum atomic E-state index is 0.0751. The fraction of sp³-hybridized carbons (Fsp3) is 0.0625. The first-order valence-corrected chi connectivity index (χ1v) is 5.84. The molecule has 18 heavy (non-hydrogen) atoms. The van der Waals surface area contributed by atoms with Crippen LogP contribution in [0, 0.1) is 0 Å². The third kappa shape index (κ3) is 1.82. The van der Waals surface area contributed by atoms with Crippen LogP contribution in [-0.4, -0.2) is 5.78 Å². The number of Topliss-reactive ketones (excluding diaryl/α,β-unsaturated/α-hetero) is 1. The van der Waals surface area contributed by atoms with E-state index < -0.39 is 0 Å². The van der Waals surface area contributed by atoms with Crippen molar-refractivity contribution in [2.24, 2.45) is 0 Å². The first kappa shape index (κ1) is 10.8. The highest BCUT2D eigenvalue weighted by molar-refractivity contribution is 5.94. The molecule has 0 aliphatic rings. The van der Waals surface area contributed by atoms with Gasteiger partial charge in [0.25, 0.3) is 0 Å². The molecule has 0 N–H and O–H groups in total. The van der Waals surface area contributed by atoms with Crippen LogP contribution in [0.2, 0.25) is 0 Å². The Labute approximate surface area is 105 Å². The fourth-order valence-corrected chi connectivity index (χ4v) is 1.99. The van der Waals surface area contributed by atoms with Crippen molar-refractivity contribution in [3.63, 3.8) is 0 Å². The Balaban J connectivity index is 2.06. The largest absolute Gasteiger partial charge is 0.456 e. The maximum atomic E-state index is 11.2. The number of para-hydroxylation sites is 1. The van der Waals surface area contributed by atoms with Crippen LogP contribution in [0.25, 0.3) is 22.3 Å². The van der Waals surface area contributed by atoms with Gasteiger partial charge in [0, 0.05) is 16.5 Å². The lowest BCUT2D eigenvalue weighted by Crippen LogP contribution is -1.90. The molecule has 0 spiro atoms. The summed E-state index contributed by atoms with van der Waals surface area (Å²) in [6, 6.07) is 17.4. The molecule has 2 heteroatoms. The van der Waals surface area contributed by atoms with Crippen LogP contribution in [0.15, 0.2) is 59.0 Å². The second kappa shape index (κ2) is 4.15. The summed E-state index contributed by atoms with van der Waals surface area (Å²) in [4.78, 5) is 11.2. The number of hydrogen-bond donors (Lipinski definition) is 0. The van der Waals surface area contributed by atoms with E-state index in [2.05, 4.69) is 0 Å². The topological polar surface area (TPSA) is 30.2 Å². The number of fused-ring (bicyclic) bond motifs is 1. The van der Waals surface area contributed by atoms with Gasteiger partial charge in [-0.05, 0) is 19.1 Å². The lowest BCUT2D eigenvalue weighted by atomic mass is 10.1. The lowest BCUT2D eigenvalue weighted by molar-refractivity contribution is 0.101. The van der Waals surface area contributed by atoms with E-state index in [1.54, 1.807) is 6.92 Å². The van der Waals surface area contributed by atoms with Crippen molar-refractivity contribution in [1.29, 1.82) is 0 Å². The van der Waals surface area contributed by atoms with Gasteiger partial charge in [-0.2, -0.15) is 0 Å². The molecule has 0 radical (unpaired) electrons. The van der Waals surface area contributed by atoms with Crippen LogP contribution in [-0.2, 0) is 0 Å². The molecule has 3 rings (SSSR count). The molecule has 0 saturated carbocycles. The predicted molar refractivity (Wildman–Crippen MR) is 71.7 cm³/mol. The highest BCUT2D eigenvalue weighted by atomic mass is 16.3. The van der Waals surface area contributed by atoms with Crippen molar-refractivity contribution in [2.75, 3.05) is 0 Å². The van der Waals surface area contributed by atoms with Crippen LogP contribution in [0.5, 0.6) is 0 Å². The van der Waals surface area contributed by atoms with Crippen molar-refractivity contribution >= 4 is 16.8 Å². The number of carbonyl (C=O) groups excluding carboxylic acids is 1. The fourth-order valence-electron chi connectivity index (χ4n) is 1.99. The van der Waals surface area contributed by atoms with E-state index in [-0.39, 0.29) is 5.78 Å². The monoisotopic (exact) mass is 236 g/mol. The molecule has 0 fully saturated rings. The van der Waals surface area contributed by atoms with Gasteiger partial charge in [0.15, 0.2) is 5.78 Å². The SMILES string of the molecule is CC(=O)c1ccc(-c2cc3ccccc3o2)cc1. The first-order valence-electron chi connectivity index (χ1n) is 5.84. The zero-order valence-electron chi connectivity index (χ0n) is 10.0. The summed E-state index contributed by atoms with van der Waals surface area (Å²) in [5.74, 6) is 0.900. The maximum Gasteiger partial charge on any atom is 0.159 e. The number of ketones is 1. The minimum absolute atomic E-state index is 0.0751. The van der Waals surface area contributed by atoms with Crippen molar-refractivity contribution < 1.29 is 9.21 Å². The molecule has 0 amide bonds. The van der Waals surface area contributed by atoms with Gasteiger partial charge in [-0.1, -0.05) is 42.5 Å². The van der Waals surface area contributed by atoms with Gasteiger partial charge in [-0.15, -0.1) is 0 Å². The van der Waals surface area contributed by atoms with E-state index in [1.165, 1.54) is 0 Å².